The van der Waals surface area contributed by atoms with Crippen LogP contribution in [0, 0.1) is 6.92 Å². The molecule has 0 saturated carbocycles. The zero-order chi connectivity index (χ0) is 18.3. The summed E-state index contributed by atoms with van der Waals surface area (Å²) in [6, 6.07) is 17.3. The maximum atomic E-state index is 11.8. The average molecular weight is 364 g/mol. The number of methoxy groups -OCH3 is 1. The molecule has 0 atom stereocenters. The van der Waals surface area contributed by atoms with E-state index in [1.807, 2.05) is 65.9 Å². The molecule has 2 aromatic carbocycles. The lowest BCUT2D eigenvalue weighted by atomic mass is 10.1. The van der Waals surface area contributed by atoms with Crippen LogP contribution in [0.3, 0.4) is 0 Å². The number of carboxylic acids is 1. The third-order valence-electron chi connectivity index (χ3n) is 4.31. The van der Waals surface area contributed by atoms with E-state index in [9.17, 15) is 9.90 Å². The number of aromatic carboxylic acids is 1. The Labute approximate surface area is 154 Å². The molecule has 0 aliphatic heterocycles. The van der Waals surface area contributed by atoms with Crippen LogP contribution in [0.2, 0.25) is 0 Å². The molecule has 2 aromatic heterocycles. The predicted octanol–water partition coefficient (Wildman–Crippen LogP) is 4.75. The molecule has 0 radical (unpaired) electrons. The van der Waals surface area contributed by atoms with Crippen molar-refractivity contribution in [2.75, 3.05) is 7.11 Å². The predicted molar refractivity (Wildman–Crippen MR) is 102 cm³/mol. The van der Waals surface area contributed by atoms with E-state index >= 15 is 0 Å². The molecule has 26 heavy (non-hydrogen) atoms. The van der Waals surface area contributed by atoms with Gasteiger partial charge in [-0.05, 0) is 31.2 Å². The molecule has 0 spiro atoms. The maximum Gasteiger partial charge on any atom is 0.348 e. The average Bonchev–Trinajstić information content (AvgIpc) is 3.20. The number of hydrogen-bond acceptors (Lipinski definition) is 4. The van der Waals surface area contributed by atoms with E-state index in [1.165, 1.54) is 11.3 Å². The number of thiazole rings is 1. The van der Waals surface area contributed by atoms with Crippen molar-refractivity contribution in [2.45, 2.75) is 6.92 Å². The van der Waals surface area contributed by atoms with Gasteiger partial charge in [0.05, 0.1) is 18.5 Å². The van der Waals surface area contributed by atoms with Gasteiger partial charge in [0.2, 0.25) is 0 Å². The molecule has 6 heteroatoms. The Kier molecular flexibility index (Phi) is 3.97. The molecule has 0 aliphatic carbocycles. The number of aryl methyl sites for hydroxylation is 1. The summed E-state index contributed by atoms with van der Waals surface area (Å²) in [5, 5.41) is 9.64. The SMILES string of the molecule is COc1ccc(-c2nc3sc(C(=O)O)c(-c4ccccc4)n3c2C)cc1. The third-order valence-corrected chi connectivity index (χ3v) is 5.34. The van der Waals surface area contributed by atoms with Gasteiger partial charge in [-0.2, -0.15) is 0 Å². The van der Waals surface area contributed by atoms with Crippen LogP contribution in [-0.2, 0) is 0 Å². The molecule has 1 N–H and O–H groups in total. The van der Waals surface area contributed by atoms with Gasteiger partial charge in [-0.1, -0.05) is 41.7 Å². The van der Waals surface area contributed by atoms with E-state index in [4.69, 9.17) is 9.72 Å². The summed E-state index contributed by atoms with van der Waals surface area (Å²) in [7, 11) is 1.63. The fourth-order valence-corrected chi connectivity index (χ4v) is 4.10. The number of carbonyl (C=O) groups is 1. The summed E-state index contributed by atoms with van der Waals surface area (Å²) in [6.45, 7) is 1.96. The zero-order valence-corrected chi connectivity index (χ0v) is 15.1. The minimum Gasteiger partial charge on any atom is -0.497 e. The fraction of sp³-hybridized carbons (Fsp3) is 0.100. The van der Waals surface area contributed by atoms with Crippen molar-refractivity contribution in [3.05, 3.63) is 65.2 Å². The number of imidazole rings is 1. The number of rotatable bonds is 4. The van der Waals surface area contributed by atoms with Crippen molar-refractivity contribution in [1.29, 1.82) is 0 Å². The van der Waals surface area contributed by atoms with E-state index in [0.717, 1.165) is 28.3 Å². The lowest BCUT2D eigenvalue weighted by molar-refractivity contribution is 0.0702. The van der Waals surface area contributed by atoms with Gasteiger partial charge >= 0.3 is 5.97 Å². The van der Waals surface area contributed by atoms with Crippen LogP contribution >= 0.6 is 11.3 Å². The number of aromatic nitrogens is 2. The van der Waals surface area contributed by atoms with E-state index in [-0.39, 0.29) is 0 Å². The molecule has 5 nitrogen and oxygen atoms in total. The number of fused-ring (bicyclic) bond motifs is 1. The second-order valence-corrected chi connectivity index (χ2v) is 6.82. The first-order valence-corrected chi connectivity index (χ1v) is 8.86. The Balaban J connectivity index is 1.96. The van der Waals surface area contributed by atoms with Gasteiger partial charge < -0.3 is 9.84 Å². The molecule has 2 heterocycles. The van der Waals surface area contributed by atoms with Crippen LogP contribution in [0.4, 0.5) is 0 Å². The van der Waals surface area contributed by atoms with Gasteiger partial charge in [-0.25, -0.2) is 9.78 Å². The number of nitrogens with zero attached hydrogens (tertiary/aromatic N) is 2. The van der Waals surface area contributed by atoms with Gasteiger partial charge in [-0.15, -0.1) is 0 Å². The highest BCUT2D eigenvalue weighted by Crippen LogP contribution is 2.36. The minimum atomic E-state index is -0.940. The van der Waals surface area contributed by atoms with Gasteiger partial charge in [0.1, 0.15) is 10.6 Å². The number of hydrogen-bond donors (Lipinski definition) is 1. The van der Waals surface area contributed by atoms with Crippen LogP contribution in [0.1, 0.15) is 15.4 Å². The van der Waals surface area contributed by atoms with Crippen molar-refractivity contribution in [2.24, 2.45) is 0 Å². The minimum absolute atomic E-state index is 0.295. The van der Waals surface area contributed by atoms with E-state index in [2.05, 4.69) is 0 Å². The van der Waals surface area contributed by atoms with Gasteiger partial charge in [0, 0.05) is 16.8 Å². The Morgan fingerprint density at radius 3 is 2.38 bits per heavy atom. The molecule has 0 unspecified atom stereocenters. The summed E-state index contributed by atoms with van der Waals surface area (Å²) in [5.74, 6) is -0.157. The van der Waals surface area contributed by atoms with Gasteiger partial charge in [0.15, 0.2) is 4.96 Å². The highest BCUT2D eigenvalue weighted by Gasteiger charge is 2.23. The molecule has 0 bridgehead atoms. The van der Waals surface area contributed by atoms with Crippen LogP contribution in [0.5, 0.6) is 5.75 Å². The molecule has 0 fully saturated rings. The van der Waals surface area contributed by atoms with Crippen LogP contribution < -0.4 is 4.74 Å². The topological polar surface area (TPSA) is 63.8 Å². The van der Waals surface area contributed by atoms with E-state index in [1.54, 1.807) is 7.11 Å². The third kappa shape index (κ3) is 2.55. The quantitative estimate of drug-likeness (QED) is 0.568. The summed E-state index contributed by atoms with van der Waals surface area (Å²) < 4.78 is 7.14. The normalized spacial score (nSPS) is 11.0. The van der Waals surface area contributed by atoms with E-state index < -0.39 is 5.97 Å². The summed E-state index contributed by atoms with van der Waals surface area (Å²) in [4.78, 5) is 17.4. The Morgan fingerprint density at radius 2 is 1.77 bits per heavy atom. The first kappa shape index (κ1) is 16.4. The highest BCUT2D eigenvalue weighted by atomic mass is 32.1. The van der Waals surface area contributed by atoms with Crippen molar-refractivity contribution in [3.8, 4) is 28.3 Å². The maximum absolute atomic E-state index is 11.8. The monoisotopic (exact) mass is 364 g/mol. The molecule has 0 saturated heterocycles. The van der Waals surface area contributed by atoms with Crippen molar-refractivity contribution in [1.82, 2.24) is 9.38 Å². The number of benzene rings is 2. The lowest BCUT2D eigenvalue weighted by Gasteiger charge is -2.06. The van der Waals surface area contributed by atoms with Crippen LogP contribution in [0.25, 0.3) is 27.5 Å². The van der Waals surface area contributed by atoms with E-state index in [0.29, 0.717) is 15.5 Å². The molecular weight excluding hydrogens is 348 g/mol. The lowest BCUT2D eigenvalue weighted by Crippen LogP contribution is -1.99. The first-order valence-electron chi connectivity index (χ1n) is 8.05. The van der Waals surface area contributed by atoms with Crippen molar-refractivity contribution >= 4 is 22.3 Å². The number of ether oxygens (including phenoxy) is 1. The Morgan fingerprint density at radius 1 is 1.08 bits per heavy atom. The Bertz CT molecular complexity index is 1100. The van der Waals surface area contributed by atoms with Crippen LogP contribution in [-0.4, -0.2) is 27.6 Å². The van der Waals surface area contributed by atoms with Crippen molar-refractivity contribution < 1.29 is 14.6 Å². The molecular formula is C20H16N2O3S. The molecule has 0 amide bonds. The highest BCUT2D eigenvalue weighted by molar-refractivity contribution is 7.19. The van der Waals surface area contributed by atoms with Crippen LogP contribution in [0.15, 0.2) is 54.6 Å². The first-order chi connectivity index (χ1) is 12.6. The molecule has 130 valence electrons. The number of carboxylic acid groups (broad SMARTS) is 1. The zero-order valence-electron chi connectivity index (χ0n) is 14.3. The molecule has 4 aromatic rings. The van der Waals surface area contributed by atoms with Gasteiger partial charge in [0.25, 0.3) is 0 Å². The fourth-order valence-electron chi connectivity index (χ4n) is 3.07. The second-order valence-electron chi connectivity index (χ2n) is 5.84. The largest absolute Gasteiger partial charge is 0.497 e. The smallest absolute Gasteiger partial charge is 0.348 e. The van der Waals surface area contributed by atoms with Crippen molar-refractivity contribution in [3.63, 3.8) is 0 Å². The Hall–Kier alpha value is -3.12. The summed E-state index contributed by atoms with van der Waals surface area (Å²) in [6.07, 6.45) is 0. The van der Waals surface area contributed by atoms with Gasteiger partial charge in [-0.3, -0.25) is 4.40 Å². The second kappa shape index (κ2) is 6.31. The standard InChI is InChI=1S/C20H16N2O3S/c1-12-16(13-8-10-15(25-2)11-9-13)21-20-22(12)17(18(26-20)19(23)24)14-6-4-3-5-7-14/h3-11H,1-2H3,(H,23,24). The summed E-state index contributed by atoms with van der Waals surface area (Å²) >= 11 is 1.19. The molecule has 4 rings (SSSR count). The summed E-state index contributed by atoms with van der Waals surface area (Å²) in [5.41, 5.74) is 4.25. The molecule has 0 aliphatic rings.